The van der Waals surface area contributed by atoms with Crippen molar-refractivity contribution in [2.75, 3.05) is 32.2 Å². The highest BCUT2D eigenvalue weighted by molar-refractivity contribution is 5.47. The predicted octanol–water partition coefficient (Wildman–Crippen LogP) is 2.63. The van der Waals surface area contributed by atoms with Gasteiger partial charge in [-0.2, -0.15) is 0 Å². The maximum absolute atomic E-state index is 5.99. The minimum Gasteiger partial charge on any atom is -0.367 e. The van der Waals surface area contributed by atoms with Crippen molar-refractivity contribution >= 4 is 5.69 Å². The number of ether oxygens (including phenoxy) is 2. The molecule has 2 N–H and O–H groups in total. The summed E-state index contributed by atoms with van der Waals surface area (Å²) in [7, 11) is 3.33. The summed E-state index contributed by atoms with van der Waals surface area (Å²) < 4.78 is 10.6. The fraction of sp³-hybridized carbons (Fsp3) is 0.625. The zero-order valence-corrected chi connectivity index (χ0v) is 12.9. The topological polar surface area (TPSA) is 47.7 Å². The molecule has 1 unspecified atom stereocenters. The molecular formula is C16H28N2O2. The Morgan fingerprint density at radius 2 is 1.80 bits per heavy atom. The number of anilines is 1. The van der Waals surface area contributed by atoms with Crippen molar-refractivity contribution in [3.8, 4) is 0 Å². The number of para-hydroxylation sites is 1. The van der Waals surface area contributed by atoms with Gasteiger partial charge in [-0.15, -0.1) is 0 Å². The first-order valence-electron chi connectivity index (χ1n) is 7.34. The summed E-state index contributed by atoms with van der Waals surface area (Å²) in [5.41, 5.74) is 7.20. The molecule has 0 heterocycles. The lowest BCUT2D eigenvalue weighted by Crippen LogP contribution is -2.44. The van der Waals surface area contributed by atoms with Gasteiger partial charge in [0.15, 0.2) is 6.29 Å². The molecule has 0 bridgehead atoms. The third kappa shape index (κ3) is 5.12. The van der Waals surface area contributed by atoms with Gasteiger partial charge in [-0.3, -0.25) is 0 Å². The van der Waals surface area contributed by atoms with Crippen LogP contribution in [0.3, 0.4) is 0 Å². The molecule has 0 aliphatic heterocycles. The molecule has 0 fully saturated rings. The van der Waals surface area contributed by atoms with Crippen molar-refractivity contribution in [1.82, 2.24) is 0 Å². The second-order valence-electron chi connectivity index (χ2n) is 4.91. The van der Waals surface area contributed by atoms with Crippen LogP contribution in [-0.2, 0) is 9.47 Å². The largest absolute Gasteiger partial charge is 0.367 e. The first-order chi connectivity index (χ1) is 9.76. The summed E-state index contributed by atoms with van der Waals surface area (Å²) in [6, 6.07) is 10.6. The lowest BCUT2D eigenvalue weighted by atomic mass is 10.1. The molecule has 0 radical (unpaired) electrons. The summed E-state index contributed by atoms with van der Waals surface area (Å²) >= 11 is 0. The Labute approximate surface area is 122 Å². The van der Waals surface area contributed by atoms with Crippen LogP contribution in [0.2, 0.25) is 0 Å². The van der Waals surface area contributed by atoms with E-state index >= 15 is 0 Å². The maximum atomic E-state index is 5.99. The SMILES string of the molecule is CCCCN(c1ccccc1)C(CN)CC(OC)OC. The Morgan fingerprint density at radius 1 is 1.15 bits per heavy atom. The molecule has 4 heteroatoms. The number of rotatable bonds is 10. The van der Waals surface area contributed by atoms with Gasteiger partial charge in [-0.1, -0.05) is 31.5 Å². The standard InChI is InChI=1S/C16H28N2O2/c1-4-5-11-18(14-9-7-6-8-10-14)15(13-17)12-16(19-2)20-3/h6-10,15-16H,4-5,11-13,17H2,1-3H3. The molecule has 0 amide bonds. The van der Waals surface area contributed by atoms with E-state index in [1.54, 1.807) is 14.2 Å². The van der Waals surface area contributed by atoms with Gasteiger partial charge < -0.3 is 20.1 Å². The van der Waals surface area contributed by atoms with Crippen LogP contribution >= 0.6 is 0 Å². The second-order valence-corrected chi connectivity index (χ2v) is 4.91. The monoisotopic (exact) mass is 280 g/mol. The van der Waals surface area contributed by atoms with E-state index in [0.717, 1.165) is 19.4 Å². The molecule has 1 rings (SSSR count). The smallest absolute Gasteiger partial charge is 0.158 e. The Kier molecular flexibility index (Phi) is 8.26. The van der Waals surface area contributed by atoms with Gasteiger partial charge in [-0.25, -0.2) is 0 Å². The van der Waals surface area contributed by atoms with Crippen molar-refractivity contribution in [1.29, 1.82) is 0 Å². The van der Waals surface area contributed by atoms with Crippen molar-refractivity contribution < 1.29 is 9.47 Å². The Morgan fingerprint density at radius 3 is 2.30 bits per heavy atom. The van der Waals surface area contributed by atoms with Gasteiger partial charge >= 0.3 is 0 Å². The van der Waals surface area contributed by atoms with E-state index in [1.807, 2.05) is 6.07 Å². The van der Waals surface area contributed by atoms with Crippen LogP contribution in [0.4, 0.5) is 5.69 Å². The molecule has 0 saturated heterocycles. The van der Waals surface area contributed by atoms with Crippen LogP contribution in [0.1, 0.15) is 26.2 Å². The normalized spacial score (nSPS) is 12.7. The summed E-state index contributed by atoms with van der Waals surface area (Å²) in [4.78, 5) is 2.37. The number of nitrogens with zero attached hydrogens (tertiary/aromatic N) is 1. The molecule has 0 spiro atoms. The van der Waals surface area contributed by atoms with Crippen LogP contribution in [0, 0.1) is 0 Å². The number of methoxy groups -OCH3 is 2. The maximum Gasteiger partial charge on any atom is 0.158 e. The van der Waals surface area contributed by atoms with E-state index in [4.69, 9.17) is 15.2 Å². The van der Waals surface area contributed by atoms with Gasteiger partial charge in [0.1, 0.15) is 0 Å². The van der Waals surface area contributed by atoms with E-state index in [-0.39, 0.29) is 12.3 Å². The third-order valence-corrected chi connectivity index (χ3v) is 3.54. The van der Waals surface area contributed by atoms with Crippen molar-refractivity contribution in [3.05, 3.63) is 30.3 Å². The molecule has 0 saturated carbocycles. The highest BCUT2D eigenvalue weighted by atomic mass is 16.7. The molecule has 0 aliphatic carbocycles. The first kappa shape index (κ1) is 17.0. The molecule has 114 valence electrons. The molecule has 4 nitrogen and oxygen atoms in total. The van der Waals surface area contributed by atoms with E-state index in [2.05, 4.69) is 36.1 Å². The van der Waals surface area contributed by atoms with Crippen molar-refractivity contribution in [3.63, 3.8) is 0 Å². The highest BCUT2D eigenvalue weighted by Gasteiger charge is 2.21. The fourth-order valence-corrected chi connectivity index (χ4v) is 2.33. The molecule has 20 heavy (non-hydrogen) atoms. The minimum atomic E-state index is -0.212. The first-order valence-corrected chi connectivity index (χ1v) is 7.34. The lowest BCUT2D eigenvalue weighted by molar-refractivity contribution is -0.109. The molecule has 0 aliphatic rings. The average Bonchev–Trinajstić information content (AvgIpc) is 2.51. The van der Waals surface area contributed by atoms with Gasteiger partial charge in [-0.05, 0) is 18.6 Å². The Hall–Kier alpha value is -1.10. The molecular weight excluding hydrogens is 252 g/mol. The van der Waals surface area contributed by atoms with Crippen LogP contribution in [0.5, 0.6) is 0 Å². The lowest BCUT2D eigenvalue weighted by Gasteiger charge is -2.34. The van der Waals surface area contributed by atoms with Crippen LogP contribution in [-0.4, -0.2) is 39.6 Å². The fourth-order valence-electron chi connectivity index (χ4n) is 2.33. The van der Waals surface area contributed by atoms with E-state index < -0.39 is 0 Å². The third-order valence-electron chi connectivity index (χ3n) is 3.54. The summed E-state index contributed by atoms with van der Waals surface area (Å²) in [5, 5.41) is 0. The summed E-state index contributed by atoms with van der Waals surface area (Å²) in [6.45, 7) is 3.79. The average molecular weight is 280 g/mol. The zero-order valence-electron chi connectivity index (χ0n) is 12.9. The van der Waals surface area contributed by atoms with Crippen LogP contribution in [0.15, 0.2) is 30.3 Å². The number of benzene rings is 1. The van der Waals surface area contributed by atoms with Gasteiger partial charge in [0, 0.05) is 45.5 Å². The summed E-state index contributed by atoms with van der Waals surface area (Å²) in [5.74, 6) is 0. The van der Waals surface area contributed by atoms with Crippen molar-refractivity contribution in [2.45, 2.75) is 38.5 Å². The quantitative estimate of drug-likeness (QED) is 0.669. The van der Waals surface area contributed by atoms with E-state index in [0.29, 0.717) is 6.54 Å². The van der Waals surface area contributed by atoms with Gasteiger partial charge in [0.2, 0.25) is 0 Å². The predicted molar refractivity (Wildman–Crippen MR) is 84.0 cm³/mol. The number of hydrogen-bond donors (Lipinski definition) is 1. The summed E-state index contributed by atoms with van der Waals surface area (Å²) in [6.07, 6.45) is 2.87. The van der Waals surface area contributed by atoms with E-state index in [9.17, 15) is 0 Å². The number of unbranched alkanes of at least 4 members (excludes halogenated alkanes) is 1. The van der Waals surface area contributed by atoms with Crippen molar-refractivity contribution in [2.24, 2.45) is 5.73 Å². The Bertz CT molecular complexity index is 342. The molecule has 1 aromatic rings. The second kappa shape index (κ2) is 9.75. The molecule has 1 atom stereocenters. The zero-order chi connectivity index (χ0) is 14.8. The van der Waals surface area contributed by atoms with Gasteiger partial charge in [0.25, 0.3) is 0 Å². The highest BCUT2D eigenvalue weighted by Crippen LogP contribution is 2.20. The Balaban J connectivity index is 2.83. The van der Waals surface area contributed by atoms with E-state index in [1.165, 1.54) is 12.1 Å². The number of hydrogen-bond acceptors (Lipinski definition) is 4. The van der Waals surface area contributed by atoms with Crippen LogP contribution < -0.4 is 10.6 Å². The molecule has 0 aromatic heterocycles. The number of nitrogens with two attached hydrogens (primary N) is 1. The molecule has 1 aromatic carbocycles. The van der Waals surface area contributed by atoms with Crippen LogP contribution in [0.25, 0.3) is 0 Å². The minimum absolute atomic E-state index is 0.212. The van der Waals surface area contributed by atoms with Gasteiger partial charge in [0.05, 0.1) is 0 Å².